The molecule has 3 heterocycles. The molecule has 1 fully saturated rings. The van der Waals surface area contributed by atoms with E-state index in [2.05, 4.69) is 15.6 Å². The number of furan rings is 1. The Balaban J connectivity index is 1.40. The number of carbonyl (C=O) groups excluding carboxylic acids is 1. The lowest BCUT2D eigenvalue weighted by Crippen LogP contribution is -2.46. The van der Waals surface area contributed by atoms with Crippen LogP contribution in [0.15, 0.2) is 41.1 Å². The maximum absolute atomic E-state index is 12.8. The topological polar surface area (TPSA) is 76.2 Å². The van der Waals surface area contributed by atoms with Crippen LogP contribution in [0.5, 0.6) is 0 Å². The van der Waals surface area contributed by atoms with Crippen molar-refractivity contribution in [1.29, 1.82) is 0 Å². The number of rotatable bonds is 4. The Labute approximate surface area is 158 Å². The highest BCUT2D eigenvalue weighted by Crippen LogP contribution is 2.29. The van der Waals surface area contributed by atoms with Crippen LogP contribution in [0.1, 0.15) is 37.1 Å². The van der Waals surface area contributed by atoms with Gasteiger partial charge in [-0.2, -0.15) is 0 Å². The third-order valence-electron chi connectivity index (χ3n) is 5.34. The predicted molar refractivity (Wildman–Crippen MR) is 102 cm³/mol. The van der Waals surface area contributed by atoms with Crippen LogP contribution in [-0.2, 0) is 6.54 Å². The Morgan fingerprint density at radius 3 is 3.04 bits per heavy atom. The van der Waals surface area contributed by atoms with Gasteiger partial charge in [-0.05, 0) is 38.7 Å². The minimum atomic E-state index is -0.180. The molecule has 142 valence electrons. The summed E-state index contributed by atoms with van der Waals surface area (Å²) in [5.74, 6) is 1.22. The largest absolute Gasteiger partial charge is 0.459 e. The zero-order chi connectivity index (χ0) is 18.8. The van der Waals surface area contributed by atoms with E-state index in [1.54, 1.807) is 6.20 Å². The van der Waals surface area contributed by atoms with Crippen molar-refractivity contribution >= 4 is 17.0 Å². The van der Waals surface area contributed by atoms with Gasteiger partial charge in [0.25, 0.3) is 0 Å². The monoisotopic (exact) mass is 367 g/mol. The number of aryl methyl sites for hydroxylation is 1. The summed E-state index contributed by atoms with van der Waals surface area (Å²) in [4.78, 5) is 14.7. The Bertz CT molecular complexity index is 918. The first-order chi connectivity index (χ1) is 13.1. The van der Waals surface area contributed by atoms with E-state index in [1.165, 1.54) is 0 Å². The quantitative estimate of drug-likeness (QED) is 0.765. The minimum Gasteiger partial charge on any atom is -0.459 e. The van der Waals surface area contributed by atoms with Crippen LogP contribution in [0, 0.1) is 12.8 Å². The van der Waals surface area contributed by atoms with E-state index in [4.69, 9.17) is 4.42 Å². The van der Waals surface area contributed by atoms with Crippen molar-refractivity contribution in [3.8, 4) is 0 Å². The van der Waals surface area contributed by atoms with Gasteiger partial charge in [-0.15, -0.1) is 5.10 Å². The van der Waals surface area contributed by atoms with Gasteiger partial charge in [-0.1, -0.05) is 23.4 Å². The van der Waals surface area contributed by atoms with E-state index in [0.717, 1.165) is 54.8 Å². The van der Waals surface area contributed by atoms with Crippen molar-refractivity contribution in [1.82, 2.24) is 25.2 Å². The number of aromatic nitrogens is 3. The highest BCUT2D eigenvalue weighted by Gasteiger charge is 2.26. The molecule has 2 aromatic heterocycles. The van der Waals surface area contributed by atoms with Gasteiger partial charge in [-0.25, -0.2) is 4.79 Å². The number of amides is 2. The van der Waals surface area contributed by atoms with Gasteiger partial charge < -0.3 is 14.6 Å². The van der Waals surface area contributed by atoms with Crippen LogP contribution < -0.4 is 5.32 Å². The first kappa shape index (κ1) is 17.6. The lowest BCUT2D eigenvalue weighted by atomic mass is 9.98. The number of fused-ring (bicyclic) bond motifs is 1. The molecule has 1 aliphatic heterocycles. The molecule has 2 amide bonds. The Hall–Kier alpha value is -2.83. The van der Waals surface area contributed by atoms with Crippen LogP contribution >= 0.6 is 0 Å². The van der Waals surface area contributed by atoms with Crippen LogP contribution in [-0.4, -0.2) is 39.0 Å². The van der Waals surface area contributed by atoms with Gasteiger partial charge in [0, 0.05) is 36.8 Å². The Morgan fingerprint density at radius 2 is 2.26 bits per heavy atom. The van der Waals surface area contributed by atoms with Gasteiger partial charge >= 0.3 is 6.03 Å². The standard InChI is InChI=1S/C20H25N5O2/c1-14-17-7-3-4-8-18(17)27-19(14)15(2)22-20(26)24-10-5-6-16(12-24)13-25-11-9-21-23-25/h3-4,7-9,11,15-16H,5-6,10,12-13H2,1-2H3,(H,22,26)/t15-,16?/m0/s1. The van der Waals surface area contributed by atoms with Gasteiger partial charge in [0.2, 0.25) is 0 Å². The second kappa shape index (κ2) is 7.42. The molecule has 1 N–H and O–H groups in total. The first-order valence-electron chi connectivity index (χ1n) is 9.49. The number of hydrogen-bond donors (Lipinski definition) is 1. The highest BCUT2D eigenvalue weighted by atomic mass is 16.3. The number of carbonyl (C=O) groups is 1. The molecule has 0 saturated carbocycles. The molecule has 3 aromatic rings. The number of benzene rings is 1. The van der Waals surface area contributed by atoms with Crippen molar-refractivity contribution in [2.24, 2.45) is 5.92 Å². The van der Waals surface area contributed by atoms with E-state index in [9.17, 15) is 4.79 Å². The lowest BCUT2D eigenvalue weighted by Gasteiger charge is -2.33. The third kappa shape index (κ3) is 3.67. The van der Waals surface area contributed by atoms with Crippen molar-refractivity contribution in [2.75, 3.05) is 13.1 Å². The molecule has 4 rings (SSSR count). The zero-order valence-corrected chi connectivity index (χ0v) is 15.8. The number of urea groups is 1. The summed E-state index contributed by atoms with van der Waals surface area (Å²) in [5, 5.41) is 12.1. The molecule has 0 aliphatic carbocycles. The maximum atomic E-state index is 12.8. The second-order valence-electron chi connectivity index (χ2n) is 7.34. The van der Waals surface area contributed by atoms with Crippen molar-refractivity contribution < 1.29 is 9.21 Å². The number of likely N-dealkylation sites (tertiary alicyclic amines) is 1. The summed E-state index contributed by atoms with van der Waals surface area (Å²) in [6.07, 6.45) is 5.66. The summed E-state index contributed by atoms with van der Waals surface area (Å²) < 4.78 is 7.83. The van der Waals surface area contributed by atoms with Crippen molar-refractivity contribution in [2.45, 2.75) is 39.3 Å². The van der Waals surface area contributed by atoms with Crippen LogP contribution in [0.2, 0.25) is 0 Å². The van der Waals surface area contributed by atoms with Crippen molar-refractivity contribution in [3.05, 3.63) is 48.0 Å². The summed E-state index contributed by atoms with van der Waals surface area (Å²) in [6.45, 7) is 6.32. The highest BCUT2D eigenvalue weighted by molar-refractivity contribution is 5.82. The average Bonchev–Trinajstić information content (AvgIpc) is 3.30. The minimum absolute atomic E-state index is 0.0364. The maximum Gasteiger partial charge on any atom is 0.317 e. The SMILES string of the molecule is Cc1c([C@H](C)NC(=O)N2CCCC(Cn3ccnn3)C2)oc2ccccc12. The molecule has 0 spiro atoms. The van der Waals surface area contributed by atoms with E-state index in [0.29, 0.717) is 5.92 Å². The predicted octanol–water partition coefficient (Wildman–Crippen LogP) is 3.52. The van der Waals surface area contributed by atoms with Crippen LogP contribution in [0.3, 0.4) is 0 Å². The van der Waals surface area contributed by atoms with Crippen LogP contribution in [0.25, 0.3) is 11.0 Å². The van der Waals surface area contributed by atoms with E-state index in [1.807, 2.05) is 53.9 Å². The number of nitrogens with zero attached hydrogens (tertiary/aromatic N) is 4. The molecule has 1 unspecified atom stereocenters. The fourth-order valence-corrected chi connectivity index (χ4v) is 3.94. The molecule has 1 aliphatic rings. The molecule has 0 radical (unpaired) electrons. The van der Waals surface area contributed by atoms with Crippen LogP contribution in [0.4, 0.5) is 4.79 Å². The molecular formula is C20H25N5O2. The van der Waals surface area contributed by atoms with E-state index >= 15 is 0 Å². The van der Waals surface area contributed by atoms with E-state index in [-0.39, 0.29) is 12.1 Å². The number of para-hydroxylation sites is 1. The number of hydrogen-bond acceptors (Lipinski definition) is 4. The van der Waals surface area contributed by atoms with Gasteiger partial charge in [0.15, 0.2) is 0 Å². The molecule has 7 nitrogen and oxygen atoms in total. The summed E-state index contributed by atoms with van der Waals surface area (Å²) in [5.41, 5.74) is 1.94. The van der Waals surface area contributed by atoms with Crippen molar-refractivity contribution in [3.63, 3.8) is 0 Å². The molecule has 7 heteroatoms. The van der Waals surface area contributed by atoms with Gasteiger partial charge in [0.05, 0.1) is 12.2 Å². The fourth-order valence-electron chi connectivity index (χ4n) is 3.94. The van der Waals surface area contributed by atoms with E-state index < -0.39 is 0 Å². The van der Waals surface area contributed by atoms with Gasteiger partial charge in [-0.3, -0.25) is 4.68 Å². The molecule has 2 atom stereocenters. The first-order valence-corrected chi connectivity index (χ1v) is 9.49. The Morgan fingerprint density at radius 1 is 1.41 bits per heavy atom. The zero-order valence-electron chi connectivity index (χ0n) is 15.8. The summed E-state index contributed by atoms with van der Waals surface area (Å²) >= 11 is 0. The third-order valence-corrected chi connectivity index (χ3v) is 5.34. The molecule has 27 heavy (non-hydrogen) atoms. The fraction of sp³-hybridized carbons (Fsp3) is 0.450. The molecule has 1 aromatic carbocycles. The second-order valence-corrected chi connectivity index (χ2v) is 7.34. The molecule has 1 saturated heterocycles. The average molecular weight is 367 g/mol. The molecule has 0 bridgehead atoms. The lowest BCUT2D eigenvalue weighted by molar-refractivity contribution is 0.154. The van der Waals surface area contributed by atoms with Gasteiger partial charge in [0.1, 0.15) is 11.3 Å². The molecular weight excluding hydrogens is 342 g/mol. The normalized spacial score (nSPS) is 18.6. The Kier molecular flexibility index (Phi) is 4.83. The smallest absolute Gasteiger partial charge is 0.317 e. The number of piperidine rings is 1. The number of nitrogens with one attached hydrogen (secondary N) is 1. The summed E-state index contributed by atoms with van der Waals surface area (Å²) in [7, 11) is 0. The summed E-state index contributed by atoms with van der Waals surface area (Å²) in [6, 6.07) is 7.75.